The second kappa shape index (κ2) is 4.79. The number of amides is 1. The van der Waals surface area contributed by atoms with E-state index in [1.165, 1.54) is 0 Å². The molecule has 1 amide bonds. The lowest BCUT2D eigenvalue weighted by molar-refractivity contribution is 0.0943. The van der Waals surface area contributed by atoms with Crippen molar-refractivity contribution in [3.8, 4) is 0 Å². The monoisotopic (exact) mass is 259 g/mol. The Morgan fingerprint density at radius 3 is 3.05 bits per heavy atom. The van der Waals surface area contributed by atoms with E-state index in [4.69, 9.17) is 5.73 Å². The summed E-state index contributed by atoms with van der Waals surface area (Å²) < 4.78 is 3.91. The number of hydrogen-bond donors (Lipinski definition) is 2. The van der Waals surface area contributed by atoms with Gasteiger partial charge in [0.2, 0.25) is 0 Å². The molecule has 2 aromatic rings. The Kier molecular flexibility index (Phi) is 2.98. The van der Waals surface area contributed by atoms with Gasteiger partial charge < -0.3 is 20.2 Å². The van der Waals surface area contributed by atoms with E-state index in [1.54, 1.807) is 18.6 Å². The second-order valence-corrected chi connectivity index (χ2v) is 4.85. The highest BCUT2D eigenvalue weighted by Crippen LogP contribution is 2.37. The molecule has 1 aliphatic rings. The Balaban J connectivity index is 1.60. The summed E-state index contributed by atoms with van der Waals surface area (Å²) in [4.78, 5) is 16.1. The molecule has 19 heavy (non-hydrogen) atoms. The number of carbonyl (C=O) groups excluding carboxylic acids is 1. The van der Waals surface area contributed by atoms with Gasteiger partial charge in [0.1, 0.15) is 5.69 Å². The molecule has 2 aromatic heterocycles. The van der Waals surface area contributed by atoms with E-state index >= 15 is 0 Å². The van der Waals surface area contributed by atoms with Gasteiger partial charge in [-0.1, -0.05) is 0 Å². The van der Waals surface area contributed by atoms with Gasteiger partial charge in [0.15, 0.2) is 0 Å². The van der Waals surface area contributed by atoms with E-state index < -0.39 is 0 Å². The maximum Gasteiger partial charge on any atom is 0.268 e. The maximum absolute atomic E-state index is 12.1. The Labute approximate surface area is 111 Å². The molecule has 0 saturated heterocycles. The predicted molar refractivity (Wildman–Crippen MR) is 71.7 cm³/mol. The van der Waals surface area contributed by atoms with Crippen LogP contribution in [0.25, 0.3) is 0 Å². The summed E-state index contributed by atoms with van der Waals surface area (Å²) >= 11 is 0. The summed E-state index contributed by atoms with van der Waals surface area (Å²) in [5, 5.41) is 2.91. The van der Waals surface area contributed by atoms with Crippen molar-refractivity contribution in [2.45, 2.75) is 25.4 Å². The number of nitrogens with one attached hydrogen (secondary N) is 1. The third-order valence-corrected chi connectivity index (χ3v) is 3.26. The van der Waals surface area contributed by atoms with Crippen molar-refractivity contribution < 1.29 is 4.79 Å². The Morgan fingerprint density at radius 2 is 2.37 bits per heavy atom. The van der Waals surface area contributed by atoms with Gasteiger partial charge in [-0.25, -0.2) is 4.98 Å². The molecule has 2 heterocycles. The predicted octanol–water partition coefficient (Wildman–Crippen LogP) is 1.03. The first-order chi connectivity index (χ1) is 9.24. The molecule has 0 radical (unpaired) electrons. The van der Waals surface area contributed by atoms with Crippen molar-refractivity contribution in [2.75, 3.05) is 12.3 Å². The maximum atomic E-state index is 12.1. The number of nitrogens with two attached hydrogens (primary N) is 1. The first kappa shape index (κ1) is 11.8. The van der Waals surface area contributed by atoms with E-state index in [0.717, 1.165) is 12.8 Å². The summed E-state index contributed by atoms with van der Waals surface area (Å²) in [5.41, 5.74) is 7.08. The largest absolute Gasteiger partial charge is 0.397 e. The fraction of sp³-hybridized carbons (Fsp3) is 0.385. The summed E-state index contributed by atoms with van der Waals surface area (Å²) in [7, 11) is 0. The van der Waals surface area contributed by atoms with Crippen molar-refractivity contribution in [3.05, 3.63) is 36.7 Å². The molecule has 1 fully saturated rings. The summed E-state index contributed by atoms with van der Waals surface area (Å²) in [6.45, 7) is 1.29. The van der Waals surface area contributed by atoms with E-state index in [2.05, 4.69) is 10.3 Å². The number of nitrogen functional groups attached to an aromatic ring is 1. The van der Waals surface area contributed by atoms with Gasteiger partial charge >= 0.3 is 0 Å². The van der Waals surface area contributed by atoms with E-state index in [1.807, 2.05) is 21.5 Å². The molecule has 3 rings (SSSR count). The highest BCUT2D eigenvalue weighted by atomic mass is 16.1. The molecular weight excluding hydrogens is 242 g/mol. The number of nitrogens with zero attached hydrogens (tertiary/aromatic N) is 3. The van der Waals surface area contributed by atoms with Crippen molar-refractivity contribution in [1.82, 2.24) is 19.4 Å². The highest BCUT2D eigenvalue weighted by molar-refractivity contribution is 5.93. The lowest BCUT2D eigenvalue weighted by Gasteiger charge is -2.08. The highest BCUT2D eigenvalue weighted by Gasteiger charge is 2.27. The summed E-state index contributed by atoms with van der Waals surface area (Å²) in [6, 6.07) is 2.19. The van der Waals surface area contributed by atoms with Crippen LogP contribution in [0.3, 0.4) is 0 Å². The SMILES string of the molecule is Nc1cc(C(=O)NCCn2ccnc2)n(C2CC2)c1. The van der Waals surface area contributed by atoms with Gasteiger partial charge in [0.25, 0.3) is 5.91 Å². The topological polar surface area (TPSA) is 77.9 Å². The Bertz CT molecular complexity index is 568. The molecule has 1 aliphatic carbocycles. The van der Waals surface area contributed by atoms with Crippen LogP contribution in [0, 0.1) is 0 Å². The van der Waals surface area contributed by atoms with E-state index in [0.29, 0.717) is 30.5 Å². The number of aromatic nitrogens is 3. The Hall–Kier alpha value is -2.24. The minimum atomic E-state index is -0.0660. The van der Waals surface area contributed by atoms with Crippen LogP contribution in [0.1, 0.15) is 29.4 Å². The van der Waals surface area contributed by atoms with E-state index in [9.17, 15) is 4.79 Å². The molecule has 6 heteroatoms. The van der Waals surface area contributed by atoms with Crippen LogP contribution in [0.5, 0.6) is 0 Å². The lowest BCUT2D eigenvalue weighted by Crippen LogP contribution is -2.28. The number of hydrogen-bond acceptors (Lipinski definition) is 3. The molecular formula is C13H17N5O. The molecule has 0 unspecified atom stereocenters. The average Bonchev–Trinajstić information content (AvgIpc) is 2.96. The molecule has 0 aliphatic heterocycles. The van der Waals surface area contributed by atoms with Gasteiger partial charge in [-0.15, -0.1) is 0 Å². The van der Waals surface area contributed by atoms with Crippen LogP contribution >= 0.6 is 0 Å². The molecule has 0 spiro atoms. The minimum Gasteiger partial charge on any atom is -0.397 e. The lowest BCUT2D eigenvalue weighted by atomic mass is 10.3. The summed E-state index contributed by atoms with van der Waals surface area (Å²) in [6.07, 6.45) is 9.43. The third kappa shape index (κ3) is 2.62. The first-order valence-corrected chi connectivity index (χ1v) is 6.45. The van der Waals surface area contributed by atoms with Crippen LogP contribution in [-0.4, -0.2) is 26.6 Å². The van der Waals surface area contributed by atoms with Gasteiger partial charge in [-0.05, 0) is 18.9 Å². The minimum absolute atomic E-state index is 0.0660. The number of rotatable bonds is 5. The van der Waals surface area contributed by atoms with Crippen LogP contribution in [0.15, 0.2) is 31.0 Å². The fourth-order valence-electron chi connectivity index (χ4n) is 2.15. The van der Waals surface area contributed by atoms with Crippen molar-refractivity contribution in [1.29, 1.82) is 0 Å². The van der Waals surface area contributed by atoms with Crippen molar-refractivity contribution in [3.63, 3.8) is 0 Å². The number of anilines is 1. The van der Waals surface area contributed by atoms with Gasteiger partial charge in [-0.2, -0.15) is 0 Å². The molecule has 1 saturated carbocycles. The van der Waals surface area contributed by atoms with Crippen LogP contribution in [0.2, 0.25) is 0 Å². The zero-order chi connectivity index (χ0) is 13.2. The zero-order valence-electron chi connectivity index (χ0n) is 10.6. The molecule has 0 bridgehead atoms. The van der Waals surface area contributed by atoms with E-state index in [-0.39, 0.29) is 5.91 Å². The van der Waals surface area contributed by atoms with Crippen molar-refractivity contribution >= 4 is 11.6 Å². The smallest absolute Gasteiger partial charge is 0.268 e. The standard InChI is InChI=1S/C13H17N5O/c14-10-7-12(18(8-10)11-1-2-11)13(19)16-4-6-17-5-3-15-9-17/h3,5,7-9,11H,1-2,4,6,14H2,(H,16,19). The number of imidazole rings is 1. The molecule has 0 atom stereocenters. The van der Waals surface area contributed by atoms with Gasteiger partial charge in [-0.3, -0.25) is 4.79 Å². The van der Waals surface area contributed by atoms with Gasteiger partial charge in [0, 0.05) is 37.7 Å². The molecule has 100 valence electrons. The Morgan fingerprint density at radius 1 is 1.53 bits per heavy atom. The molecule has 6 nitrogen and oxygen atoms in total. The number of carbonyl (C=O) groups is 1. The average molecular weight is 259 g/mol. The fourth-order valence-corrected chi connectivity index (χ4v) is 2.15. The quantitative estimate of drug-likeness (QED) is 0.842. The summed E-state index contributed by atoms with van der Waals surface area (Å²) in [5.74, 6) is -0.0660. The second-order valence-electron chi connectivity index (χ2n) is 4.85. The van der Waals surface area contributed by atoms with Crippen LogP contribution in [0.4, 0.5) is 5.69 Å². The van der Waals surface area contributed by atoms with Crippen molar-refractivity contribution in [2.24, 2.45) is 0 Å². The molecule has 3 N–H and O–H groups in total. The third-order valence-electron chi connectivity index (χ3n) is 3.26. The van der Waals surface area contributed by atoms with Crippen LogP contribution in [-0.2, 0) is 6.54 Å². The molecule has 0 aromatic carbocycles. The van der Waals surface area contributed by atoms with Crippen LogP contribution < -0.4 is 11.1 Å². The normalized spacial score (nSPS) is 14.5. The zero-order valence-corrected chi connectivity index (χ0v) is 10.6. The first-order valence-electron chi connectivity index (χ1n) is 6.45. The van der Waals surface area contributed by atoms with Gasteiger partial charge in [0.05, 0.1) is 12.0 Å².